The van der Waals surface area contributed by atoms with Gasteiger partial charge in [-0.15, -0.1) is 34.0 Å². The fourth-order valence-electron chi connectivity index (χ4n) is 2.64. The Morgan fingerprint density at radius 2 is 1.04 bits per heavy atom. The lowest BCUT2D eigenvalue weighted by molar-refractivity contribution is 0.415. The molecule has 0 amide bonds. The second kappa shape index (κ2) is 6.88. The zero-order valence-corrected chi connectivity index (χ0v) is 16.8. The van der Waals surface area contributed by atoms with E-state index in [1.807, 2.05) is 35.6 Å². The summed E-state index contributed by atoms with van der Waals surface area (Å²) in [6.07, 6.45) is 0. The summed E-state index contributed by atoms with van der Waals surface area (Å²) in [4.78, 5) is 2.53. The Bertz CT molecular complexity index is 987. The Labute approximate surface area is 162 Å². The third-order valence-electron chi connectivity index (χ3n) is 3.90. The maximum absolute atomic E-state index is 5.47. The minimum Gasteiger partial charge on any atom is -0.497 e. The molecular formula is C19H14O2S4. The molecule has 2 heterocycles. The van der Waals surface area contributed by atoms with Crippen molar-refractivity contribution in [2.24, 2.45) is 0 Å². The summed E-state index contributed by atoms with van der Waals surface area (Å²) >= 11 is 10.7. The van der Waals surface area contributed by atoms with Gasteiger partial charge in [0, 0.05) is 0 Å². The number of rotatable bonds is 4. The van der Waals surface area contributed by atoms with E-state index in [-0.39, 0.29) is 0 Å². The summed E-state index contributed by atoms with van der Waals surface area (Å²) in [6.45, 7) is 0. The quantitative estimate of drug-likeness (QED) is 0.339. The Hall–Kier alpha value is -1.73. The van der Waals surface area contributed by atoms with E-state index >= 15 is 0 Å². The largest absolute Gasteiger partial charge is 0.497 e. The first kappa shape index (κ1) is 16.7. The lowest BCUT2D eigenvalue weighted by atomic mass is 10.1. The highest BCUT2D eigenvalue weighted by Gasteiger charge is 2.17. The van der Waals surface area contributed by atoms with E-state index in [0.717, 1.165) is 14.6 Å². The van der Waals surface area contributed by atoms with Crippen molar-refractivity contribution in [3.63, 3.8) is 0 Å². The fourth-order valence-corrected chi connectivity index (χ4v) is 6.93. The van der Waals surface area contributed by atoms with Crippen molar-refractivity contribution < 1.29 is 9.47 Å². The van der Waals surface area contributed by atoms with Crippen LogP contribution in [0, 0.1) is 3.14 Å². The van der Waals surface area contributed by atoms with Crippen molar-refractivity contribution in [3.8, 4) is 32.4 Å². The van der Waals surface area contributed by atoms with Gasteiger partial charge < -0.3 is 9.47 Å². The van der Waals surface area contributed by atoms with Crippen LogP contribution in [0.5, 0.6) is 11.5 Å². The van der Waals surface area contributed by atoms with Crippen LogP contribution >= 0.6 is 46.2 Å². The lowest BCUT2D eigenvalue weighted by Gasteiger charge is -2.02. The molecule has 2 aromatic heterocycles. The van der Waals surface area contributed by atoms with Crippen LogP contribution in [0.4, 0.5) is 0 Å². The van der Waals surface area contributed by atoms with Crippen LogP contribution in [-0.2, 0) is 0 Å². The van der Waals surface area contributed by atoms with E-state index in [1.54, 1.807) is 36.9 Å². The summed E-state index contributed by atoms with van der Waals surface area (Å²) in [5.74, 6) is 1.73. The Kier molecular flexibility index (Phi) is 4.60. The monoisotopic (exact) mass is 402 g/mol. The summed E-state index contributed by atoms with van der Waals surface area (Å²) in [6, 6.07) is 16.4. The number of hydrogen-bond acceptors (Lipinski definition) is 6. The molecule has 2 nitrogen and oxygen atoms in total. The van der Waals surface area contributed by atoms with Gasteiger partial charge in [0.05, 0.1) is 33.4 Å². The average molecular weight is 403 g/mol. The Morgan fingerprint density at radius 1 is 0.640 bits per heavy atom. The highest BCUT2D eigenvalue weighted by atomic mass is 32.2. The molecule has 0 aliphatic carbocycles. The van der Waals surface area contributed by atoms with E-state index in [0.29, 0.717) is 0 Å². The van der Waals surface area contributed by atoms with E-state index in [9.17, 15) is 0 Å². The van der Waals surface area contributed by atoms with E-state index in [4.69, 9.17) is 21.7 Å². The van der Waals surface area contributed by atoms with Gasteiger partial charge in [-0.1, -0.05) is 12.2 Å². The Balaban J connectivity index is 1.89. The highest BCUT2D eigenvalue weighted by molar-refractivity contribution is 7.77. The van der Waals surface area contributed by atoms with Crippen molar-refractivity contribution in [1.29, 1.82) is 0 Å². The average Bonchev–Trinajstić information content (AvgIpc) is 3.19. The first-order valence-corrected chi connectivity index (χ1v) is 10.4. The fraction of sp³-hybridized carbons (Fsp3) is 0.105. The minimum absolute atomic E-state index is 0.866. The molecule has 0 saturated carbocycles. The lowest BCUT2D eigenvalue weighted by Crippen LogP contribution is -1.81. The van der Waals surface area contributed by atoms with E-state index in [2.05, 4.69) is 24.3 Å². The van der Waals surface area contributed by atoms with E-state index < -0.39 is 0 Å². The van der Waals surface area contributed by atoms with Crippen molar-refractivity contribution in [2.45, 2.75) is 0 Å². The molecule has 0 saturated heterocycles. The van der Waals surface area contributed by atoms with Crippen LogP contribution in [0.1, 0.15) is 0 Å². The molecule has 0 aliphatic heterocycles. The summed E-state index contributed by atoms with van der Waals surface area (Å²) in [5, 5.41) is 0. The molecule has 0 atom stereocenters. The molecule has 0 spiro atoms. The number of methoxy groups -OCH3 is 2. The van der Waals surface area contributed by atoms with Crippen molar-refractivity contribution >= 4 is 55.6 Å². The third-order valence-corrected chi connectivity index (χ3v) is 8.13. The van der Waals surface area contributed by atoms with Crippen molar-refractivity contribution in [1.82, 2.24) is 0 Å². The SMILES string of the molecule is COc1ccc(-c2sc(-c3ccc(OC)cc3)c3sc(=S)sc23)cc1. The zero-order chi connectivity index (χ0) is 17.4. The molecule has 0 aliphatic rings. The maximum Gasteiger partial charge on any atom is 0.144 e. The number of ether oxygens (including phenoxy) is 2. The number of fused-ring (bicyclic) bond motifs is 1. The van der Waals surface area contributed by atoms with Gasteiger partial charge >= 0.3 is 0 Å². The topological polar surface area (TPSA) is 18.5 Å². The van der Waals surface area contributed by atoms with Gasteiger partial charge in [0.15, 0.2) is 0 Å². The molecule has 126 valence electrons. The maximum atomic E-state index is 5.47. The molecule has 6 heteroatoms. The summed E-state index contributed by atoms with van der Waals surface area (Å²) in [7, 11) is 3.37. The van der Waals surface area contributed by atoms with E-state index in [1.165, 1.54) is 30.3 Å². The van der Waals surface area contributed by atoms with Crippen LogP contribution in [0.2, 0.25) is 0 Å². The second-order valence-electron chi connectivity index (χ2n) is 5.33. The van der Waals surface area contributed by atoms with Crippen LogP contribution in [0.3, 0.4) is 0 Å². The molecule has 0 bridgehead atoms. The van der Waals surface area contributed by atoms with Crippen molar-refractivity contribution in [3.05, 3.63) is 51.7 Å². The zero-order valence-electron chi connectivity index (χ0n) is 13.6. The number of hydrogen-bond donors (Lipinski definition) is 0. The molecular weight excluding hydrogens is 388 g/mol. The molecule has 0 N–H and O–H groups in total. The van der Waals surface area contributed by atoms with Crippen LogP contribution in [-0.4, -0.2) is 14.2 Å². The molecule has 0 unspecified atom stereocenters. The van der Waals surface area contributed by atoms with Gasteiger partial charge in [-0.05, 0) is 59.7 Å². The summed E-state index contributed by atoms with van der Waals surface area (Å²) < 4.78 is 14.1. The van der Waals surface area contributed by atoms with Gasteiger partial charge in [0.1, 0.15) is 14.6 Å². The van der Waals surface area contributed by atoms with Gasteiger partial charge in [-0.3, -0.25) is 0 Å². The van der Waals surface area contributed by atoms with Crippen LogP contribution in [0.25, 0.3) is 30.3 Å². The first-order valence-electron chi connectivity index (χ1n) is 7.55. The normalized spacial score (nSPS) is 11.0. The van der Waals surface area contributed by atoms with Gasteiger partial charge in [-0.25, -0.2) is 0 Å². The smallest absolute Gasteiger partial charge is 0.144 e. The molecule has 2 aromatic carbocycles. The van der Waals surface area contributed by atoms with Gasteiger partial charge in [-0.2, -0.15) is 0 Å². The second-order valence-corrected chi connectivity index (χ2v) is 9.58. The molecule has 0 fully saturated rings. The number of benzene rings is 2. The molecule has 4 aromatic rings. The number of thiophene rings is 1. The van der Waals surface area contributed by atoms with Crippen LogP contribution in [0.15, 0.2) is 48.5 Å². The van der Waals surface area contributed by atoms with Crippen LogP contribution < -0.4 is 9.47 Å². The molecule has 4 rings (SSSR count). The predicted octanol–water partition coefficient (Wildman–Crippen LogP) is 7.10. The highest BCUT2D eigenvalue weighted by Crippen LogP contribution is 2.49. The van der Waals surface area contributed by atoms with Crippen molar-refractivity contribution in [2.75, 3.05) is 14.2 Å². The first-order chi connectivity index (χ1) is 12.2. The molecule has 25 heavy (non-hydrogen) atoms. The minimum atomic E-state index is 0.866. The molecule has 0 radical (unpaired) electrons. The summed E-state index contributed by atoms with van der Waals surface area (Å²) in [5.41, 5.74) is 2.39. The standard InChI is InChI=1S/C19H14O2S4/c1-20-13-7-3-11(4-8-13)15-17-18(25-19(22)24-17)16(23-15)12-5-9-14(21-2)10-6-12/h3-10H,1-2H3. The third kappa shape index (κ3) is 3.11. The predicted molar refractivity (Wildman–Crippen MR) is 112 cm³/mol. The van der Waals surface area contributed by atoms with Gasteiger partial charge in [0.25, 0.3) is 0 Å². The van der Waals surface area contributed by atoms with Gasteiger partial charge in [0.2, 0.25) is 0 Å². The Morgan fingerprint density at radius 3 is 1.40 bits per heavy atom.